The molecule has 0 aliphatic carbocycles. The number of nitrogens with one attached hydrogen (secondary N) is 1. The summed E-state index contributed by atoms with van der Waals surface area (Å²) in [5.74, 6) is 0.435. The fraction of sp³-hybridized carbons (Fsp3) is 0.300. The third kappa shape index (κ3) is 2.35. The minimum Gasteiger partial charge on any atom is -0.309 e. The minimum absolute atomic E-state index is 0.0138. The Hall–Kier alpha value is -2.69. The zero-order valence-electron chi connectivity index (χ0n) is 9.95. The molecule has 2 aromatic heterocycles. The largest absolute Gasteiger partial charge is 0.309 e. The molecule has 18 heavy (non-hydrogen) atoms. The van der Waals surface area contributed by atoms with Crippen LogP contribution in [0.1, 0.15) is 11.5 Å². The molecule has 0 fully saturated rings. The van der Waals surface area contributed by atoms with Crippen molar-refractivity contribution in [1.29, 1.82) is 5.26 Å². The van der Waals surface area contributed by atoms with Gasteiger partial charge in [-0.2, -0.15) is 10.4 Å². The lowest BCUT2D eigenvalue weighted by atomic mass is 10.4. The van der Waals surface area contributed by atoms with Crippen LogP contribution < -0.4 is 5.32 Å². The van der Waals surface area contributed by atoms with E-state index >= 15 is 0 Å². The van der Waals surface area contributed by atoms with Crippen LogP contribution in [-0.2, 0) is 18.4 Å². The van der Waals surface area contributed by atoms with Crippen LogP contribution in [-0.4, -0.2) is 30.5 Å². The molecule has 2 rings (SSSR count). The number of amides is 1. The highest BCUT2D eigenvalue weighted by atomic mass is 16.2. The number of carbonyl (C=O) groups excluding carboxylic acids is 1. The maximum Gasteiger partial charge on any atom is 0.245 e. The molecule has 0 radical (unpaired) electrons. The van der Waals surface area contributed by atoms with Gasteiger partial charge in [-0.05, 0) is 6.92 Å². The molecule has 0 atom stereocenters. The van der Waals surface area contributed by atoms with Crippen molar-refractivity contribution >= 4 is 11.7 Å². The number of aromatic nitrogens is 5. The lowest BCUT2D eigenvalue weighted by Crippen LogP contribution is -2.20. The number of nitriles is 1. The Bertz CT molecular complexity index is 618. The van der Waals surface area contributed by atoms with Gasteiger partial charge < -0.3 is 5.32 Å². The van der Waals surface area contributed by atoms with Crippen molar-refractivity contribution in [2.24, 2.45) is 7.05 Å². The van der Waals surface area contributed by atoms with Gasteiger partial charge in [-0.25, -0.2) is 0 Å². The number of carbonyl (C=O) groups is 1. The van der Waals surface area contributed by atoms with Crippen LogP contribution in [0, 0.1) is 18.3 Å². The van der Waals surface area contributed by atoms with Crippen molar-refractivity contribution in [3.63, 3.8) is 0 Å². The van der Waals surface area contributed by atoms with Crippen molar-refractivity contribution in [3.05, 3.63) is 23.9 Å². The van der Waals surface area contributed by atoms with Crippen LogP contribution in [0.2, 0.25) is 0 Å². The van der Waals surface area contributed by atoms with Crippen LogP contribution in [0.3, 0.4) is 0 Å². The summed E-state index contributed by atoms with van der Waals surface area (Å²) in [6, 6.07) is 3.61. The molecule has 1 amide bonds. The van der Waals surface area contributed by atoms with Gasteiger partial charge in [0.1, 0.15) is 24.8 Å². The molecule has 0 saturated heterocycles. The lowest BCUT2D eigenvalue weighted by Gasteiger charge is -2.05. The molecule has 0 aromatic carbocycles. The van der Waals surface area contributed by atoms with Gasteiger partial charge in [-0.1, -0.05) is 0 Å². The molecule has 1 N–H and O–H groups in total. The molecule has 0 aliphatic heterocycles. The fourth-order valence-electron chi connectivity index (χ4n) is 1.52. The van der Waals surface area contributed by atoms with Gasteiger partial charge in [-0.3, -0.25) is 14.0 Å². The number of aryl methyl sites for hydroxylation is 2. The standard InChI is InChI=1S/C10H11N7O/c1-7-3-8(16(2)15-7)13-10(18)5-17-6-12-14-9(17)4-11/h3,6H,5H2,1-2H3,(H,13,18). The third-order valence-corrected chi connectivity index (χ3v) is 2.30. The van der Waals surface area contributed by atoms with Crippen molar-refractivity contribution in [2.75, 3.05) is 5.32 Å². The summed E-state index contributed by atoms with van der Waals surface area (Å²) in [5, 5.41) is 22.7. The van der Waals surface area contributed by atoms with E-state index < -0.39 is 0 Å². The predicted molar refractivity (Wildman–Crippen MR) is 61.3 cm³/mol. The zero-order chi connectivity index (χ0) is 13.1. The van der Waals surface area contributed by atoms with E-state index in [1.807, 2.05) is 13.0 Å². The Morgan fingerprint density at radius 1 is 1.61 bits per heavy atom. The van der Waals surface area contributed by atoms with E-state index in [2.05, 4.69) is 20.6 Å². The van der Waals surface area contributed by atoms with Crippen molar-refractivity contribution in [2.45, 2.75) is 13.5 Å². The molecular weight excluding hydrogens is 234 g/mol. The second-order valence-corrected chi connectivity index (χ2v) is 3.74. The summed E-state index contributed by atoms with van der Waals surface area (Å²) < 4.78 is 2.95. The Kier molecular flexibility index (Phi) is 3.05. The molecule has 8 nitrogen and oxygen atoms in total. The minimum atomic E-state index is -0.269. The SMILES string of the molecule is Cc1cc(NC(=O)Cn2cnnc2C#N)n(C)n1. The van der Waals surface area contributed by atoms with E-state index in [9.17, 15) is 4.79 Å². The highest BCUT2D eigenvalue weighted by Gasteiger charge is 2.10. The lowest BCUT2D eigenvalue weighted by molar-refractivity contribution is -0.116. The monoisotopic (exact) mass is 245 g/mol. The van der Waals surface area contributed by atoms with Crippen LogP contribution in [0.25, 0.3) is 0 Å². The third-order valence-electron chi connectivity index (χ3n) is 2.30. The van der Waals surface area contributed by atoms with E-state index in [1.54, 1.807) is 17.8 Å². The topological polar surface area (TPSA) is 101 Å². The first kappa shape index (κ1) is 11.8. The van der Waals surface area contributed by atoms with Gasteiger partial charge in [0.05, 0.1) is 5.69 Å². The number of hydrogen-bond acceptors (Lipinski definition) is 5. The fourth-order valence-corrected chi connectivity index (χ4v) is 1.52. The van der Waals surface area contributed by atoms with E-state index in [1.165, 1.54) is 10.9 Å². The first-order chi connectivity index (χ1) is 8.60. The molecule has 2 aromatic rings. The molecule has 2 heterocycles. The summed E-state index contributed by atoms with van der Waals surface area (Å²) >= 11 is 0. The maximum atomic E-state index is 11.8. The molecule has 0 bridgehead atoms. The summed E-state index contributed by atoms with van der Waals surface area (Å²) in [5.41, 5.74) is 0.815. The Labute approximate surface area is 103 Å². The highest BCUT2D eigenvalue weighted by molar-refractivity contribution is 5.89. The van der Waals surface area contributed by atoms with Crippen LogP contribution >= 0.6 is 0 Å². The molecule has 8 heteroatoms. The van der Waals surface area contributed by atoms with E-state index in [0.717, 1.165) is 5.69 Å². The predicted octanol–water partition coefficient (Wildman–Crippen LogP) is -0.170. The number of anilines is 1. The van der Waals surface area contributed by atoms with Crippen molar-refractivity contribution in [1.82, 2.24) is 24.5 Å². The summed E-state index contributed by atoms with van der Waals surface area (Å²) in [6.07, 6.45) is 1.34. The van der Waals surface area contributed by atoms with Crippen molar-refractivity contribution < 1.29 is 4.79 Å². The zero-order valence-corrected chi connectivity index (χ0v) is 9.95. The second kappa shape index (κ2) is 4.67. The first-order valence-corrected chi connectivity index (χ1v) is 5.18. The number of hydrogen-bond donors (Lipinski definition) is 1. The number of rotatable bonds is 3. The van der Waals surface area contributed by atoms with Gasteiger partial charge in [0.15, 0.2) is 0 Å². The average Bonchev–Trinajstić information content (AvgIpc) is 2.86. The first-order valence-electron chi connectivity index (χ1n) is 5.18. The molecule has 0 spiro atoms. The summed E-state index contributed by atoms with van der Waals surface area (Å²) in [7, 11) is 1.74. The van der Waals surface area contributed by atoms with Gasteiger partial charge >= 0.3 is 0 Å². The quantitative estimate of drug-likeness (QED) is 0.808. The van der Waals surface area contributed by atoms with Gasteiger partial charge in [0, 0.05) is 13.1 Å². The Morgan fingerprint density at radius 3 is 3.00 bits per heavy atom. The summed E-state index contributed by atoms with van der Waals surface area (Å²) in [6.45, 7) is 1.82. The Morgan fingerprint density at radius 2 is 2.39 bits per heavy atom. The van der Waals surface area contributed by atoms with Crippen LogP contribution in [0.5, 0.6) is 0 Å². The average molecular weight is 245 g/mol. The number of nitrogens with zero attached hydrogens (tertiary/aromatic N) is 6. The molecule has 0 saturated carbocycles. The van der Waals surface area contributed by atoms with Gasteiger partial charge in [0.2, 0.25) is 11.7 Å². The molecule has 92 valence electrons. The maximum absolute atomic E-state index is 11.8. The second-order valence-electron chi connectivity index (χ2n) is 3.74. The summed E-state index contributed by atoms with van der Waals surface area (Å²) in [4.78, 5) is 11.8. The smallest absolute Gasteiger partial charge is 0.245 e. The van der Waals surface area contributed by atoms with E-state index in [-0.39, 0.29) is 18.3 Å². The normalized spacial score (nSPS) is 10.1. The van der Waals surface area contributed by atoms with Gasteiger partial charge in [0.25, 0.3) is 0 Å². The van der Waals surface area contributed by atoms with Crippen molar-refractivity contribution in [3.8, 4) is 6.07 Å². The van der Waals surface area contributed by atoms with Crippen LogP contribution in [0.15, 0.2) is 12.4 Å². The molecule has 0 unspecified atom stereocenters. The Balaban J connectivity index is 2.06. The molecule has 0 aliphatic rings. The van der Waals surface area contributed by atoms with Crippen LogP contribution in [0.4, 0.5) is 5.82 Å². The van der Waals surface area contributed by atoms with E-state index in [0.29, 0.717) is 5.82 Å². The molecular formula is C10H11N7O. The highest BCUT2D eigenvalue weighted by Crippen LogP contribution is 2.08. The van der Waals surface area contributed by atoms with E-state index in [4.69, 9.17) is 5.26 Å². The van der Waals surface area contributed by atoms with Gasteiger partial charge in [-0.15, -0.1) is 10.2 Å².